The van der Waals surface area contributed by atoms with Crippen LogP contribution in [0.1, 0.15) is 13.8 Å². The van der Waals surface area contributed by atoms with Crippen molar-refractivity contribution in [2.24, 2.45) is 11.7 Å². The van der Waals surface area contributed by atoms with E-state index in [1.807, 2.05) is 13.8 Å². The van der Waals surface area contributed by atoms with Crippen molar-refractivity contribution in [1.82, 2.24) is 19.5 Å². The number of imidazole rings is 1. The summed E-state index contributed by atoms with van der Waals surface area (Å²) in [5, 5.41) is 76.5. The van der Waals surface area contributed by atoms with Crippen LogP contribution in [-0.2, 0) is 35.2 Å². The molecule has 2 aromatic rings. The lowest BCUT2D eigenvalue weighted by Gasteiger charge is -2.45. The van der Waals surface area contributed by atoms with Crippen molar-refractivity contribution in [3.8, 4) is 0 Å². The fourth-order valence-corrected chi connectivity index (χ4v) is 4.37. The maximum absolute atomic E-state index is 11.6. The SMILES string of the molecule is CC(C)[C@H](N)C(=O)OCCOCn1cnc2c(=O)[nH]c(N)nc21.Cl.OC[C@H]1O[C@@H](O[C@H]2[C@H](O)[C@@H](O)[C@H](O)O[C@@H]2CO)[C@H](O)[C@@H](O)[C@H]1O. The number of H-pyrrole nitrogens is 1. The fourth-order valence-electron chi connectivity index (χ4n) is 4.37. The molecule has 0 aliphatic carbocycles. The summed E-state index contributed by atoms with van der Waals surface area (Å²) in [6, 6.07) is -0.647. The molecule has 0 saturated carbocycles. The first-order valence-electron chi connectivity index (χ1n) is 14.2. The van der Waals surface area contributed by atoms with E-state index in [2.05, 4.69) is 15.0 Å². The zero-order chi connectivity index (χ0) is 34.3. The van der Waals surface area contributed by atoms with Crippen LogP contribution in [0.5, 0.6) is 0 Å². The van der Waals surface area contributed by atoms with Crippen LogP contribution in [-0.4, -0.2) is 160 Å². The number of aliphatic hydroxyl groups is 8. The Kier molecular flexibility index (Phi) is 15.7. The molecule has 0 spiro atoms. The second-order valence-electron chi connectivity index (χ2n) is 10.8. The van der Waals surface area contributed by atoms with Crippen molar-refractivity contribution in [3.63, 3.8) is 0 Å². The molecule has 11 atom stereocenters. The predicted molar refractivity (Wildman–Crippen MR) is 158 cm³/mol. The van der Waals surface area contributed by atoms with Gasteiger partial charge in [0, 0.05) is 0 Å². The van der Waals surface area contributed by atoms with Gasteiger partial charge in [0.1, 0.15) is 68.2 Å². The number of nitrogens with one attached hydrogen (secondary N) is 1. The summed E-state index contributed by atoms with van der Waals surface area (Å²) in [6.45, 7) is 2.69. The highest BCUT2D eigenvalue weighted by Crippen LogP contribution is 2.28. The minimum Gasteiger partial charge on any atom is -0.462 e. The molecule has 270 valence electrons. The van der Waals surface area contributed by atoms with E-state index >= 15 is 0 Å². The number of aromatic nitrogens is 4. The summed E-state index contributed by atoms with van der Waals surface area (Å²) < 4.78 is 27.2. The highest BCUT2D eigenvalue weighted by molar-refractivity contribution is 5.85. The molecular weight excluding hydrogens is 660 g/mol. The quantitative estimate of drug-likeness (QED) is 0.0767. The number of ether oxygens (including phenoxy) is 5. The van der Waals surface area contributed by atoms with Gasteiger partial charge in [0.15, 0.2) is 23.7 Å². The maximum atomic E-state index is 11.6. The smallest absolute Gasteiger partial charge is 0.323 e. The van der Waals surface area contributed by atoms with Gasteiger partial charge in [-0.15, -0.1) is 12.4 Å². The highest BCUT2D eigenvalue weighted by atomic mass is 35.5. The van der Waals surface area contributed by atoms with E-state index < -0.39 is 92.2 Å². The van der Waals surface area contributed by atoms with Gasteiger partial charge >= 0.3 is 5.97 Å². The van der Waals surface area contributed by atoms with Gasteiger partial charge in [-0.2, -0.15) is 4.98 Å². The van der Waals surface area contributed by atoms with Crippen LogP contribution in [0.2, 0.25) is 0 Å². The van der Waals surface area contributed by atoms with Crippen LogP contribution >= 0.6 is 12.4 Å². The molecule has 2 aromatic heterocycles. The first-order chi connectivity index (χ1) is 21.7. The van der Waals surface area contributed by atoms with E-state index in [0.29, 0.717) is 5.65 Å². The average molecular weight is 703 g/mol. The van der Waals surface area contributed by atoms with Crippen LogP contribution in [0, 0.1) is 5.92 Å². The molecule has 2 aliphatic rings. The third-order valence-corrected chi connectivity index (χ3v) is 7.16. The van der Waals surface area contributed by atoms with Gasteiger partial charge in [0.25, 0.3) is 5.56 Å². The summed E-state index contributed by atoms with van der Waals surface area (Å²) >= 11 is 0. The Hall–Kier alpha value is -2.61. The summed E-state index contributed by atoms with van der Waals surface area (Å²) in [5.41, 5.74) is 11.2. The highest BCUT2D eigenvalue weighted by Gasteiger charge is 2.50. The van der Waals surface area contributed by atoms with Gasteiger partial charge in [-0.3, -0.25) is 19.1 Å². The minimum absolute atomic E-state index is 0. The lowest BCUT2D eigenvalue weighted by Crippen LogP contribution is -2.64. The molecule has 0 radical (unpaired) electrons. The van der Waals surface area contributed by atoms with E-state index in [4.69, 9.17) is 40.3 Å². The van der Waals surface area contributed by atoms with Crippen molar-refractivity contribution in [3.05, 3.63) is 16.7 Å². The Balaban J connectivity index is 0.000000320. The molecule has 0 unspecified atom stereocenters. The fraction of sp³-hybridized carbons (Fsp3) is 0.760. The van der Waals surface area contributed by atoms with Gasteiger partial charge in [-0.05, 0) is 5.92 Å². The number of fused-ring (bicyclic) bond motifs is 1. The zero-order valence-corrected chi connectivity index (χ0v) is 26.2. The molecule has 4 heterocycles. The Labute approximate surface area is 273 Å². The van der Waals surface area contributed by atoms with Gasteiger partial charge in [-0.25, -0.2) is 4.98 Å². The van der Waals surface area contributed by atoms with Crippen LogP contribution < -0.4 is 17.0 Å². The van der Waals surface area contributed by atoms with Crippen molar-refractivity contribution >= 4 is 35.5 Å². The lowest BCUT2D eigenvalue weighted by atomic mass is 9.97. The summed E-state index contributed by atoms with van der Waals surface area (Å²) in [4.78, 5) is 33.5. The molecule has 13 N–H and O–H groups in total. The Morgan fingerprint density at radius 2 is 1.66 bits per heavy atom. The van der Waals surface area contributed by atoms with E-state index in [1.165, 1.54) is 10.9 Å². The van der Waals surface area contributed by atoms with Gasteiger partial charge in [0.2, 0.25) is 5.95 Å². The Bertz CT molecular complexity index is 1320. The molecule has 2 aliphatic heterocycles. The van der Waals surface area contributed by atoms with Crippen LogP contribution in [0.3, 0.4) is 0 Å². The number of aliphatic hydroxyl groups excluding tert-OH is 8. The molecule has 4 rings (SSSR count). The van der Waals surface area contributed by atoms with Crippen molar-refractivity contribution < 1.29 is 69.3 Å². The molecule has 0 amide bonds. The largest absolute Gasteiger partial charge is 0.462 e. The maximum Gasteiger partial charge on any atom is 0.323 e. The Morgan fingerprint density at radius 1 is 1.00 bits per heavy atom. The number of hydrogen-bond donors (Lipinski definition) is 11. The first kappa shape index (κ1) is 40.6. The second kappa shape index (κ2) is 18.2. The number of rotatable bonds is 11. The molecule has 21 nitrogen and oxygen atoms in total. The van der Waals surface area contributed by atoms with Gasteiger partial charge in [-0.1, -0.05) is 13.8 Å². The van der Waals surface area contributed by atoms with Crippen LogP contribution in [0.25, 0.3) is 11.2 Å². The number of halogens is 1. The topological polar surface area (TPSA) is 341 Å². The summed E-state index contributed by atoms with van der Waals surface area (Å²) in [6.07, 6.45) is -14.1. The van der Waals surface area contributed by atoms with Crippen molar-refractivity contribution in [2.45, 2.75) is 88.0 Å². The van der Waals surface area contributed by atoms with Gasteiger partial charge < -0.3 is 76.0 Å². The van der Waals surface area contributed by atoms with E-state index in [0.717, 1.165) is 0 Å². The third-order valence-electron chi connectivity index (χ3n) is 7.16. The van der Waals surface area contributed by atoms with Crippen molar-refractivity contribution in [2.75, 3.05) is 32.2 Å². The number of nitrogens with two attached hydrogens (primary N) is 2. The molecule has 2 saturated heterocycles. The average Bonchev–Trinajstić information content (AvgIpc) is 3.43. The summed E-state index contributed by atoms with van der Waals surface area (Å²) in [5.74, 6) is -0.450. The zero-order valence-electron chi connectivity index (χ0n) is 25.4. The monoisotopic (exact) mass is 702 g/mol. The Morgan fingerprint density at radius 3 is 2.28 bits per heavy atom. The molecule has 2 fully saturated rings. The van der Waals surface area contributed by atoms with E-state index in [-0.39, 0.29) is 49.7 Å². The molecule has 0 aromatic carbocycles. The van der Waals surface area contributed by atoms with Crippen LogP contribution in [0.15, 0.2) is 11.1 Å². The van der Waals surface area contributed by atoms with Crippen molar-refractivity contribution in [1.29, 1.82) is 0 Å². The standard InChI is InChI=1S/C13H20N6O4.C12H22O11.ClH/c1-7(2)8(14)12(21)23-4-3-22-6-19-5-16-9-10(19)17-13(15)18-11(9)20;13-1-3-5(15)6(16)9(19)12(22-3)23-10-4(2-14)21-11(20)8(18)7(10)17;/h5,7-8H,3-4,6,14H2,1-2H3,(H3,15,17,18,20);3-20H,1-2H2;1H/t8-;3-,4-,5+,6+,7-,8-,9-,10-,11-,12+;/m01./s1. The van der Waals surface area contributed by atoms with E-state index in [9.17, 15) is 45.3 Å². The van der Waals surface area contributed by atoms with Gasteiger partial charge in [0.05, 0.1) is 26.1 Å². The minimum atomic E-state index is -1.74. The van der Waals surface area contributed by atoms with Crippen LogP contribution in [0.4, 0.5) is 5.95 Å². The molecular formula is C25H43ClN6O15. The number of anilines is 1. The third kappa shape index (κ3) is 9.96. The number of carbonyl (C=O) groups is 1. The number of esters is 1. The number of nitrogen functional groups attached to an aromatic ring is 1. The number of carbonyl (C=O) groups excluding carboxylic acids is 1. The number of nitrogens with zero attached hydrogens (tertiary/aromatic N) is 3. The normalized spacial score (nSPS) is 31.5. The molecule has 0 bridgehead atoms. The van der Waals surface area contributed by atoms with E-state index in [1.54, 1.807) is 0 Å². The summed E-state index contributed by atoms with van der Waals surface area (Å²) in [7, 11) is 0. The number of hydrogen-bond acceptors (Lipinski definition) is 19. The molecule has 22 heteroatoms. The lowest BCUT2D eigenvalue weighted by molar-refractivity contribution is -0.355. The second-order valence-corrected chi connectivity index (χ2v) is 10.8. The number of aromatic amines is 1. The first-order valence-corrected chi connectivity index (χ1v) is 14.2. The molecule has 47 heavy (non-hydrogen) atoms. The predicted octanol–water partition coefficient (Wildman–Crippen LogP) is -5.77.